The van der Waals surface area contributed by atoms with Crippen molar-refractivity contribution in [2.75, 3.05) is 5.75 Å². The summed E-state index contributed by atoms with van der Waals surface area (Å²) >= 11 is 6.07. The van der Waals surface area contributed by atoms with Crippen LogP contribution in [0.25, 0.3) is 11.2 Å². The van der Waals surface area contributed by atoms with Crippen LogP contribution in [0.15, 0.2) is 0 Å². The molecule has 0 spiro atoms. The Bertz CT molecular complexity index is 632. The number of aryl methyl sites for hydroxylation is 3. The maximum Gasteiger partial charge on any atom is 0.441 e. The second kappa shape index (κ2) is 6.08. The molecule has 0 N–H and O–H groups in total. The van der Waals surface area contributed by atoms with Gasteiger partial charge in [-0.15, -0.1) is 11.6 Å². The first-order chi connectivity index (χ1) is 9.74. The third-order valence-electron chi connectivity index (χ3n) is 3.09. The molecule has 0 saturated carbocycles. The lowest BCUT2D eigenvalue weighted by Gasteiger charge is -2.11. The standard InChI is InChI=1S/C12H16ClF3N4S/c1-4-8-9-11(19(3)18-8)20(10(17-9)7(2)13)5-6-21-12(14,15)16/h7H,4-6H2,1-3H3. The molecule has 0 aliphatic rings. The van der Waals surface area contributed by atoms with Crippen LogP contribution in [0, 0.1) is 0 Å². The normalized spacial score (nSPS) is 14.0. The van der Waals surface area contributed by atoms with Gasteiger partial charge in [0.15, 0.2) is 5.65 Å². The van der Waals surface area contributed by atoms with Crippen molar-refractivity contribution in [1.29, 1.82) is 0 Å². The summed E-state index contributed by atoms with van der Waals surface area (Å²) in [6, 6.07) is 0. The summed E-state index contributed by atoms with van der Waals surface area (Å²) in [6.07, 6.45) is 0.710. The van der Waals surface area contributed by atoms with Crippen LogP contribution in [0.4, 0.5) is 13.2 Å². The number of thioether (sulfide) groups is 1. The molecule has 2 aromatic rings. The number of hydrogen-bond acceptors (Lipinski definition) is 3. The molecular formula is C12H16ClF3N4S. The SMILES string of the molecule is CCc1nn(C)c2c1nc(C(C)Cl)n2CCSC(F)(F)F. The van der Waals surface area contributed by atoms with Crippen LogP contribution in [0.2, 0.25) is 0 Å². The van der Waals surface area contributed by atoms with E-state index in [0.717, 1.165) is 16.9 Å². The van der Waals surface area contributed by atoms with Crippen molar-refractivity contribution in [2.24, 2.45) is 7.05 Å². The molecule has 21 heavy (non-hydrogen) atoms. The van der Waals surface area contributed by atoms with E-state index in [9.17, 15) is 13.2 Å². The fourth-order valence-electron chi connectivity index (χ4n) is 2.27. The molecule has 0 saturated heterocycles. The molecule has 4 nitrogen and oxygen atoms in total. The van der Waals surface area contributed by atoms with Crippen molar-refractivity contribution in [3.05, 3.63) is 11.5 Å². The molecule has 9 heteroatoms. The van der Waals surface area contributed by atoms with Gasteiger partial charge < -0.3 is 4.57 Å². The Morgan fingerprint density at radius 3 is 2.57 bits per heavy atom. The van der Waals surface area contributed by atoms with Crippen molar-refractivity contribution in [3.63, 3.8) is 0 Å². The van der Waals surface area contributed by atoms with Crippen molar-refractivity contribution in [3.8, 4) is 0 Å². The lowest BCUT2D eigenvalue weighted by molar-refractivity contribution is -0.0328. The monoisotopic (exact) mass is 340 g/mol. The average Bonchev–Trinajstić information content (AvgIpc) is 2.87. The quantitative estimate of drug-likeness (QED) is 0.775. The zero-order valence-electron chi connectivity index (χ0n) is 11.9. The van der Waals surface area contributed by atoms with E-state index in [-0.39, 0.29) is 29.4 Å². The van der Waals surface area contributed by atoms with E-state index in [4.69, 9.17) is 11.6 Å². The lowest BCUT2D eigenvalue weighted by Crippen LogP contribution is -2.12. The molecule has 1 atom stereocenters. The molecule has 0 amide bonds. The van der Waals surface area contributed by atoms with Crippen molar-refractivity contribution < 1.29 is 13.2 Å². The number of alkyl halides is 4. The highest BCUT2D eigenvalue weighted by Gasteiger charge is 2.28. The van der Waals surface area contributed by atoms with Crippen molar-refractivity contribution in [2.45, 2.75) is 37.7 Å². The second-order valence-corrected chi connectivity index (χ2v) is 6.44. The summed E-state index contributed by atoms with van der Waals surface area (Å²) in [5.74, 6) is 0.496. The van der Waals surface area contributed by atoms with Gasteiger partial charge in [0.05, 0.1) is 11.1 Å². The molecular weight excluding hydrogens is 325 g/mol. The van der Waals surface area contributed by atoms with Crippen molar-refractivity contribution >= 4 is 34.5 Å². The Labute approximate surface area is 129 Å². The molecule has 0 radical (unpaired) electrons. The number of imidazole rings is 1. The van der Waals surface area contributed by atoms with Gasteiger partial charge in [0, 0.05) is 19.3 Å². The maximum atomic E-state index is 12.3. The first kappa shape index (κ1) is 16.5. The van der Waals surface area contributed by atoms with Gasteiger partial charge in [-0.1, -0.05) is 6.92 Å². The van der Waals surface area contributed by atoms with E-state index in [0.29, 0.717) is 12.2 Å². The highest BCUT2D eigenvalue weighted by atomic mass is 35.5. The summed E-state index contributed by atoms with van der Waals surface area (Å²) in [6.45, 7) is 3.91. The highest BCUT2D eigenvalue weighted by molar-refractivity contribution is 8.00. The molecule has 118 valence electrons. The van der Waals surface area contributed by atoms with Crippen LogP contribution in [0.1, 0.15) is 30.7 Å². The van der Waals surface area contributed by atoms with Gasteiger partial charge in [-0.25, -0.2) is 4.98 Å². The summed E-state index contributed by atoms with van der Waals surface area (Å²) in [5.41, 5.74) is -1.96. The fourth-order valence-corrected chi connectivity index (χ4v) is 2.95. The van der Waals surface area contributed by atoms with Crippen LogP contribution in [0.3, 0.4) is 0 Å². The summed E-state index contributed by atoms with van der Waals surface area (Å²) < 4.78 is 40.3. The highest BCUT2D eigenvalue weighted by Crippen LogP contribution is 2.32. The number of halogens is 4. The summed E-state index contributed by atoms with van der Waals surface area (Å²) in [4.78, 5) is 4.48. The van der Waals surface area contributed by atoms with Crippen LogP contribution in [0.5, 0.6) is 0 Å². The van der Waals surface area contributed by atoms with E-state index in [1.54, 1.807) is 23.2 Å². The number of hydrogen-bond donors (Lipinski definition) is 0. The Kier molecular flexibility index (Phi) is 4.77. The van der Waals surface area contributed by atoms with Gasteiger partial charge in [0.1, 0.15) is 11.3 Å². The largest absolute Gasteiger partial charge is 0.441 e. The smallest absolute Gasteiger partial charge is 0.311 e. The third-order valence-corrected chi connectivity index (χ3v) is 4.00. The lowest BCUT2D eigenvalue weighted by atomic mass is 10.3. The van der Waals surface area contributed by atoms with E-state index < -0.39 is 5.51 Å². The number of fused-ring (bicyclic) bond motifs is 1. The molecule has 0 fully saturated rings. The fraction of sp³-hybridized carbons (Fsp3) is 0.667. The summed E-state index contributed by atoms with van der Waals surface area (Å²) in [5, 5.41) is 3.97. The Balaban J connectivity index is 2.39. The Morgan fingerprint density at radius 1 is 1.38 bits per heavy atom. The van der Waals surface area contributed by atoms with Gasteiger partial charge in [-0.05, 0) is 25.1 Å². The predicted molar refractivity (Wildman–Crippen MR) is 78.7 cm³/mol. The predicted octanol–water partition coefficient (Wildman–Crippen LogP) is 3.89. The first-order valence-corrected chi connectivity index (χ1v) is 7.93. The Hall–Kier alpha value is -0.890. The molecule has 2 aromatic heterocycles. The minimum atomic E-state index is -4.23. The van der Waals surface area contributed by atoms with Crippen LogP contribution in [-0.2, 0) is 20.0 Å². The van der Waals surface area contributed by atoms with Gasteiger partial charge in [0.25, 0.3) is 0 Å². The number of rotatable bonds is 5. The average molecular weight is 341 g/mol. The van der Waals surface area contributed by atoms with Crippen LogP contribution in [-0.4, -0.2) is 30.6 Å². The molecule has 2 heterocycles. The zero-order valence-corrected chi connectivity index (χ0v) is 13.5. The zero-order chi connectivity index (χ0) is 15.8. The molecule has 0 aliphatic carbocycles. The van der Waals surface area contributed by atoms with E-state index >= 15 is 0 Å². The Morgan fingerprint density at radius 2 is 2.05 bits per heavy atom. The molecule has 0 aliphatic heterocycles. The van der Waals surface area contributed by atoms with Gasteiger partial charge in [-0.3, -0.25) is 4.68 Å². The minimum absolute atomic E-state index is 0.0422. The number of nitrogens with zero attached hydrogens (tertiary/aromatic N) is 4. The summed E-state index contributed by atoms with van der Waals surface area (Å²) in [7, 11) is 1.76. The van der Waals surface area contributed by atoms with Crippen LogP contribution >= 0.6 is 23.4 Å². The van der Waals surface area contributed by atoms with E-state index in [2.05, 4.69) is 10.1 Å². The van der Waals surface area contributed by atoms with E-state index in [1.165, 1.54) is 0 Å². The first-order valence-electron chi connectivity index (χ1n) is 6.51. The van der Waals surface area contributed by atoms with Gasteiger partial charge >= 0.3 is 5.51 Å². The van der Waals surface area contributed by atoms with Crippen molar-refractivity contribution in [1.82, 2.24) is 19.3 Å². The minimum Gasteiger partial charge on any atom is -0.311 e. The van der Waals surface area contributed by atoms with E-state index in [1.807, 2.05) is 6.92 Å². The van der Waals surface area contributed by atoms with Gasteiger partial charge in [0.2, 0.25) is 0 Å². The molecule has 1 unspecified atom stereocenters. The molecule has 0 aromatic carbocycles. The molecule has 0 bridgehead atoms. The maximum absolute atomic E-state index is 12.3. The second-order valence-electron chi connectivity index (χ2n) is 4.63. The topological polar surface area (TPSA) is 35.6 Å². The molecule has 2 rings (SSSR count). The van der Waals surface area contributed by atoms with Gasteiger partial charge in [-0.2, -0.15) is 18.3 Å². The number of aromatic nitrogens is 4. The van der Waals surface area contributed by atoms with Crippen LogP contribution < -0.4 is 0 Å². The third kappa shape index (κ3) is 3.48.